The van der Waals surface area contributed by atoms with Crippen molar-refractivity contribution < 1.29 is 56.9 Å². The minimum Gasteiger partial charge on any atom is -0.497 e. The van der Waals surface area contributed by atoms with E-state index in [1.807, 2.05) is 68.4 Å². The predicted molar refractivity (Wildman–Crippen MR) is 173 cm³/mol. The van der Waals surface area contributed by atoms with Gasteiger partial charge >= 0.3 is 0 Å². The third-order valence-corrected chi connectivity index (χ3v) is 8.99. The van der Waals surface area contributed by atoms with Crippen LogP contribution in [0.15, 0.2) is 54.6 Å². The van der Waals surface area contributed by atoms with Gasteiger partial charge in [0.2, 0.25) is 5.91 Å². The van der Waals surface area contributed by atoms with E-state index < -0.39 is 67.1 Å². The van der Waals surface area contributed by atoms with Crippen LogP contribution in [0.2, 0.25) is 0 Å². The van der Waals surface area contributed by atoms with E-state index in [1.54, 1.807) is 7.11 Å². The van der Waals surface area contributed by atoms with Crippen LogP contribution in [-0.2, 0) is 65.4 Å². The summed E-state index contributed by atoms with van der Waals surface area (Å²) >= 11 is 0. The second-order valence-electron chi connectivity index (χ2n) is 13.1. The number of hydrogen-bond donors (Lipinski definition) is 1. The summed E-state index contributed by atoms with van der Waals surface area (Å²) < 4.78 is 69.4. The zero-order valence-corrected chi connectivity index (χ0v) is 28.8. The highest BCUT2D eigenvalue weighted by atomic mass is 16.8. The molecule has 0 spiro atoms. The zero-order valence-electron chi connectivity index (χ0n) is 28.8. The van der Waals surface area contributed by atoms with Crippen molar-refractivity contribution in [3.8, 4) is 5.75 Å². The first-order valence-corrected chi connectivity index (χ1v) is 16.9. The summed E-state index contributed by atoms with van der Waals surface area (Å²) in [4.78, 5) is 12.5. The molecule has 6 rings (SSSR count). The Hall–Kier alpha value is -2.69. The van der Waals surface area contributed by atoms with Crippen LogP contribution in [-0.4, -0.2) is 114 Å². The van der Waals surface area contributed by atoms with Crippen molar-refractivity contribution in [3.63, 3.8) is 0 Å². The number of ether oxygens (including phenoxy) is 11. The molecule has 1 N–H and O–H groups in total. The first-order valence-electron chi connectivity index (χ1n) is 16.9. The van der Waals surface area contributed by atoms with E-state index in [4.69, 9.17) is 52.1 Å². The Morgan fingerprint density at radius 1 is 0.878 bits per heavy atom. The first-order chi connectivity index (χ1) is 23.7. The Labute approximate surface area is 287 Å². The molecule has 2 aromatic carbocycles. The Kier molecular flexibility index (Phi) is 12.2. The largest absolute Gasteiger partial charge is 0.497 e. The minimum atomic E-state index is -0.960. The standard InChI is InChI=1S/C36H49NO12/c1-22(38)37-28-31-29(26(45-34(28)40-5)21-42-18-23-10-7-6-8-11-23)47-35-33(44-19-24-12-14-25(39-4)15-13-24)32-30(48-36(2,3)49-32)27(46-35)20-41-16-9-17-43-31/h6-8,10-15,26-35H,9,16-21H2,1-5H3,(H,37,38)/t26-,27-,28-,29-,30+,31-,32+,33-,34-,35-/m1/s1. The molecule has 4 saturated heterocycles. The Bertz CT molecular complexity index is 1330. The molecule has 4 aliphatic heterocycles. The van der Waals surface area contributed by atoms with E-state index in [2.05, 4.69) is 5.32 Å². The van der Waals surface area contributed by atoms with Crippen molar-refractivity contribution in [3.05, 3.63) is 65.7 Å². The van der Waals surface area contributed by atoms with E-state index in [1.165, 1.54) is 14.0 Å². The maximum atomic E-state index is 12.5. The fraction of sp³-hybridized carbons (Fsp3) is 0.639. The average molecular weight is 688 g/mol. The SMILES string of the molecule is COc1ccc(CO[C@H]2[C@H]3O[C@H]4[C@H](OCCCOC[C@@H](O3)[C@@H]3OC(C)(C)O[C@@H]32)[C@@H](NC(C)=O)[C@H](OC)O[C@@H]4COCc2ccccc2)cc1. The van der Waals surface area contributed by atoms with Crippen molar-refractivity contribution in [2.45, 2.75) is 108 Å². The van der Waals surface area contributed by atoms with Crippen LogP contribution >= 0.6 is 0 Å². The molecule has 1 amide bonds. The lowest BCUT2D eigenvalue weighted by Crippen LogP contribution is -2.68. The van der Waals surface area contributed by atoms with Crippen LogP contribution < -0.4 is 10.1 Å². The zero-order chi connectivity index (χ0) is 34.4. The molecule has 13 nitrogen and oxygen atoms in total. The molecule has 2 aromatic rings. The molecule has 4 heterocycles. The van der Waals surface area contributed by atoms with E-state index in [0.29, 0.717) is 26.2 Å². The van der Waals surface area contributed by atoms with Gasteiger partial charge in [0.05, 0.1) is 33.5 Å². The fourth-order valence-corrected chi connectivity index (χ4v) is 6.76. The number of amides is 1. The van der Waals surface area contributed by atoms with E-state index >= 15 is 0 Å². The quantitative estimate of drug-likeness (QED) is 0.394. The highest BCUT2D eigenvalue weighted by Crippen LogP contribution is 2.41. The summed E-state index contributed by atoms with van der Waals surface area (Å²) in [6, 6.07) is 16.8. The lowest BCUT2D eigenvalue weighted by Gasteiger charge is -2.49. The molecule has 10 atom stereocenters. The van der Waals surface area contributed by atoms with Gasteiger partial charge in [-0.15, -0.1) is 0 Å². The van der Waals surface area contributed by atoms with E-state index in [0.717, 1.165) is 16.9 Å². The van der Waals surface area contributed by atoms with Crippen LogP contribution in [0.3, 0.4) is 0 Å². The summed E-state index contributed by atoms with van der Waals surface area (Å²) in [6.45, 7) is 6.99. The lowest BCUT2D eigenvalue weighted by molar-refractivity contribution is -0.350. The summed E-state index contributed by atoms with van der Waals surface area (Å²) in [5, 5.41) is 2.97. The lowest BCUT2D eigenvalue weighted by atomic mass is 9.95. The molecule has 0 radical (unpaired) electrons. The van der Waals surface area contributed by atoms with Crippen LogP contribution in [0.25, 0.3) is 0 Å². The first kappa shape index (κ1) is 36.1. The minimum absolute atomic E-state index is 0.154. The Morgan fingerprint density at radius 3 is 2.37 bits per heavy atom. The van der Waals surface area contributed by atoms with Gasteiger partial charge in [-0.2, -0.15) is 0 Å². The van der Waals surface area contributed by atoms with Crippen molar-refractivity contribution in [1.82, 2.24) is 5.32 Å². The van der Waals surface area contributed by atoms with Crippen molar-refractivity contribution in [2.24, 2.45) is 0 Å². The van der Waals surface area contributed by atoms with Gasteiger partial charge < -0.3 is 57.4 Å². The third kappa shape index (κ3) is 8.98. The van der Waals surface area contributed by atoms with Crippen LogP contribution in [0, 0.1) is 0 Å². The smallest absolute Gasteiger partial charge is 0.217 e. The molecule has 4 aliphatic rings. The van der Waals surface area contributed by atoms with Crippen LogP contribution in [0.4, 0.5) is 0 Å². The summed E-state index contributed by atoms with van der Waals surface area (Å²) in [6.07, 6.45) is -5.57. The highest BCUT2D eigenvalue weighted by molar-refractivity contribution is 5.73. The number of fused-ring (bicyclic) bond motifs is 5. The van der Waals surface area contributed by atoms with Crippen LogP contribution in [0.5, 0.6) is 5.75 Å². The molecule has 49 heavy (non-hydrogen) atoms. The monoisotopic (exact) mass is 687 g/mol. The summed E-state index contributed by atoms with van der Waals surface area (Å²) in [5.41, 5.74) is 1.94. The molecular weight excluding hydrogens is 638 g/mol. The number of nitrogens with one attached hydrogen (secondary N) is 1. The summed E-state index contributed by atoms with van der Waals surface area (Å²) in [5.74, 6) is -0.407. The van der Waals surface area contributed by atoms with Crippen molar-refractivity contribution in [1.29, 1.82) is 0 Å². The van der Waals surface area contributed by atoms with Crippen molar-refractivity contribution in [2.75, 3.05) is 40.6 Å². The van der Waals surface area contributed by atoms with Gasteiger partial charge in [-0.1, -0.05) is 42.5 Å². The topological polar surface area (TPSA) is 131 Å². The van der Waals surface area contributed by atoms with Gasteiger partial charge in [0.25, 0.3) is 0 Å². The van der Waals surface area contributed by atoms with Gasteiger partial charge in [0.1, 0.15) is 54.5 Å². The number of methoxy groups -OCH3 is 2. The fourth-order valence-electron chi connectivity index (χ4n) is 6.76. The number of benzene rings is 2. The predicted octanol–water partition coefficient (Wildman–Crippen LogP) is 3.11. The molecule has 2 bridgehead atoms. The van der Waals surface area contributed by atoms with Crippen molar-refractivity contribution >= 4 is 5.91 Å². The normalized spacial score (nSPS) is 34.5. The maximum Gasteiger partial charge on any atom is 0.217 e. The van der Waals surface area contributed by atoms with Gasteiger partial charge in [0, 0.05) is 27.2 Å². The second kappa shape index (κ2) is 16.6. The third-order valence-electron chi connectivity index (χ3n) is 8.99. The molecule has 0 saturated carbocycles. The Balaban J connectivity index is 1.32. The number of carbonyl (C=O) groups is 1. The van der Waals surface area contributed by atoms with Gasteiger partial charge in [-0.25, -0.2) is 0 Å². The molecule has 0 unspecified atom stereocenters. The number of rotatable bonds is 10. The average Bonchev–Trinajstić information content (AvgIpc) is 3.42. The van der Waals surface area contributed by atoms with Gasteiger partial charge in [-0.3, -0.25) is 4.79 Å². The molecule has 0 aromatic heterocycles. The molecule has 270 valence electrons. The molecular formula is C36H49NO12. The number of hydrogen-bond acceptors (Lipinski definition) is 12. The molecule has 0 aliphatic carbocycles. The van der Waals surface area contributed by atoms with Gasteiger partial charge in [-0.05, 0) is 43.5 Å². The van der Waals surface area contributed by atoms with Crippen LogP contribution in [0.1, 0.15) is 38.3 Å². The second-order valence-corrected chi connectivity index (χ2v) is 13.1. The maximum absolute atomic E-state index is 12.5. The van der Waals surface area contributed by atoms with E-state index in [-0.39, 0.29) is 25.7 Å². The summed E-state index contributed by atoms with van der Waals surface area (Å²) in [7, 11) is 3.16. The number of carbonyl (C=O) groups excluding carboxylic acids is 1. The highest BCUT2D eigenvalue weighted by Gasteiger charge is 2.58. The molecule has 13 heteroatoms. The molecule has 4 fully saturated rings. The van der Waals surface area contributed by atoms with Gasteiger partial charge in [0.15, 0.2) is 18.4 Å². The Morgan fingerprint density at radius 2 is 1.63 bits per heavy atom. The van der Waals surface area contributed by atoms with E-state index in [9.17, 15) is 4.79 Å².